The van der Waals surface area contributed by atoms with Crippen LogP contribution < -0.4 is 15.1 Å². The standard InChI is InChI=1S/C31H26ClF2N5O3/c32-21-5-3-6-23(15-21)39(28(41)25-8-9-27(40)38(25)26-14-19(18-35)11-13-36-26)31(12-10-20-4-1-2-7-24(20)31)29(42)37-22-16-30(33,34)17-22/h1-7,11,13-15,22,25H,8-10,12,16-17H2,(H,37,42)/t25-,31+/m0/s1. The molecular weight excluding hydrogens is 564 g/mol. The van der Waals surface area contributed by atoms with Crippen molar-refractivity contribution in [3.8, 4) is 6.07 Å². The monoisotopic (exact) mass is 589 g/mol. The molecule has 8 nitrogen and oxygen atoms in total. The molecule has 1 aromatic heterocycles. The van der Waals surface area contributed by atoms with E-state index in [9.17, 15) is 28.4 Å². The van der Waals surface area contributed by atoms with Gasteiger partial charge in [-0.15, -0.1) is 0 Å². The first-order valence-corrected chi connectivity index (χ1v) is 14.1. The number of aromatic nitrogens is 1. The van der Waals surface area contributed by atoms with Crippen LogP contribution in [0.15, 0.2) is 66.9 Å². The van der Waals surface area contributed by atoms with E-state index in [-0.39, 0.29) is 36.6 Å². The minimum absolute atomic E-state index is 0.0607. The van der Waals surface area contributed by atoms with Gasteiger partial charge in [-0.1, -0.05) is 41.9 Å². The van der Waals surface area contributed by atoms with Crippen LogP contribution in [-0.2, 0) is 26.3 Å². The molecule has 0 bridgehead atoms. The van der Waals surface area contributed by atoms with Crippen LogP contribution >= 0.6 is 11.6 Å². The highest BCUT2D eigenvalue weighted by Crippen LogP contribution is 2.47. The number of nitrogens with zero attached hydrogens (tertiary/aromatic N) is 4. The summed E-state index contributed by atoms with van der Waals surface area (Å²) in [6.45, 7) is 0. The lowest BCUT2D eigenvalue weighted by Crippen LogP contribution is -2.64. The van der Waals surface area contributed by atoms with E-state index in [2.05, 4.69) is 10.3 Å². The lowest BCUT2D eigenvalue weighted by molar-refractivity contribution is -0.137. The van der Waals surface area contributed by atoms with Crippen molar-refractivity contribution in [2.75, 3.05) is 9.80 Å². The second-order valence-corrected chi connectivity index (χ2v) is 11.4. The van der Waals surface area contributed by atoms with Crippen LogP contribution in [0, 0.1) is 11.3 Å². The van der Waals surface area contributed by atoms with Crippen molar-refractivity contribution in [2.24, 2.45) is 0 Å². The Kier molecular flexibility index (Phi) is 6.93. The van der Waals surface area contributed by atoms with Crippen molar-refractivity contribution in [1.82, 2.24) is 10.3 Å². The van der Waals surface area contributed by atoms with Gasteiger partial charge in [-0.25, -0.2) is 13.8 Å². The largest absolute Gasteiger partial charge is 0.351 e. The Morgan fingerprint density at radius 2 is 1.88 bits per heavy atom. The number of aryl methyl sites for hydroxylation is 1. The van der Waals surface area contributed by atoms with E-state index in [1.807, 2.05) is 18.2 Å². The molecule has 2 atom stereocenters. The molecule has 3 aromatic rings. The molecule has 0 radical (unpaired) electrons. The van der Waals surface area contributed by atoms with Crippen LogP contribution in [0.5, 0.6) is 0 Å². The number of rotatable bonds is 6. The van der Waals surface area contributed by atoms with Gasteiger partial charge in [0.05, 0.1) is 11.6 Å². The number of alkyl halides is 2. The van der Waals surface area contributed by atoms with Crippen LogP contribution in [0.2, 0.25) is 5.02 Å². The Balaban J connectivity index is 1.49. The molecule has 1 N–H and O–H groups in total. The Labute approximate surface area is 245 Å². The number of halogens is 3. The highest BCUT2D eigenvalue weighted by atomic mass is 35.5. The summed E-state index contributed by atoms with van der Waals surface area (Å²) in [4.78, 5) is 49.3. The number of anilines is 2. The minimum atomic E-state index is -2.85. The maximum absolute atomic E-state index is 14.8. The molecule has 0 spiro atoms. The number of carbonyl (C=O) groups excluding carboxylic acids is 3. The van der Waals surface area contributed by atoms with Crippen LogP contribution in [0.25, 0.3) is 0 Å². The molecule has 1 saturated carbocycles. The van der Waals surface area contributed by atoms with Crippen LogP contribution in [0.3, 0.4) is 0 Å². The van der Waals surface area contributed by atoms with E-state index in [0.29, 0.717) is 22.7 Å². The van der Waals surface area contributed by atoms with Crippen LogP contribution in [0.4, 0.5) is 20.3 Å². The van der Waals surface area contributed by atoms with Gasteiger partial charge < -0.3 is 5.32 Å². The summed E-state index contributed by atoms with van der Waals surface area (Å²) in [6.07, 6.45) is 1.32. The number of amides is 3. The third kappa shape index (κ3) is 4.68. The number of nitriles is 1. The molecule has 3 amide bonds. The van der Waals surface area contributed by atoms with Gasteiger partial charge in [0.25, 0.3) is 17.7 Å². The Bertz CT molecular complexity index is 1630. The highest BCUT2D eigenvalue weighted by molar-refractivity contribution is 6.31. The molecule has 2 heterocycles. The molecule has 3 aliphatic rings. The normalized spacial score (nSPS) is 22.7. The SMILES string of the molecule is N#Cc1ccnc(N2C(=O)CC[C@H]2C(=O)N(c2cccc(Cl)c2)[C@]2(C(=O)NC3CC(F)(F)C3)CCc3ccccc32)c1. The average molecular weight is 590 g/mol. The quantitative estimate of drug-likeness (QED) is 0.441. The van der Waals surface area contributed by atoms with E-state index >= 15 is 0 Å². The fourth-order valence-corrected chi connectivity index (χ4v) is 6.54. The average Bonchev–Trinajstić information content (AvgIpc) is 3.54. The lowest BCUT2D eigenvalue weighted by Gasteiger charge is -2.45. The molecule has 11 heteroatoms. The summed E-state index contributed by atoms with van der Waals surface area (Å²) in [7, 11) is 0. The van der Waals surface area contributed by atoms with Gasteiger partial charge in [0.1, 0.15) is 11.9 Å². The van der Waals surface area contributed by atoms with Crippen LogP contribution in [-0.4, -0.2) is 40.7 Å². The van der Waals surface area contributed by atoms with Crippen molar-refractivity contribution in [3.63, 3.8) is 0 Å². The van der Waals surface area contributed by atoms with E-state index in [4.69, 9.17) is 11.6 Å². The smallest absolute Gasteiger partial charge is 0.252 e. The summed E-state index contributed by atoms with van der Waals surface area (Å²) in [5.74, 6) is -4.15. The van der Waals surface area contributed by atoms with Crippen molar-refractivity contribution >= 4 is 40.8 Å². The molecule has 1 aliphatic heterocycles. The van der Waals surface area contributed by atoms with Crippen LogP contribution in [0.1, 0.15) is 48.8 Å². The predicted molar refractivity (Wildman–Crippen MR) is 151 cm³/mol. The molecule has 1 saturated heterocycles. The minimum Gasteiger partial charge on any atom is -0.351 e. The summed E-state index contributed by atoms with van der Waals surface area (Å²) in [6, 6.07) is 17.0. The van der Waals surface area contributed by atoms with Gasteiger partial charge >= 0.3 is 0 Å². The Morgan fingerprint density at radius 3 is 2.62 bits per heavy atom. The number of benzene rings is 2. The van der Waals surface area contributed by atoms with E-state index < -0.39 is 48.2 Å². The molecule has 42 heavy (non-hydrogen) atoms. The first kappa shape index (κ1) is 27.8. The van der Waals surface area contributed by atoms with Crippen molar-refractivity contribution < 1.29 is 23.2 Å². The number of pyridine rings is 1. The van der Waals surface area contributed by atoms with Crippen molar-refractivity contribution in [1.29, 1.82) is 5.26 Å². The molecule has 214 valence electrons. The van der Waals surface area contributed by atoms with Crippen molar-refractivity contribution in [2.45, 2.75) is 62.1 Å². The molecule has 0 unspecified atom stereocenters. The van der Waals surface area contributed by atoms with Gasteiger partial charge in [-0.3, -0.25) is 24.2 Å². The van der Waals surface area contributed by atoms with Gasteiger partial charge in [-0.2, -0.15) is 5.26 Å². The van der Waals surface area contributed by atoms with Gasteiger partial charge in [0.2, 0.25) is 5.91 Å². The molecule has 2 aliphatic carbocycles. The Morgan fingerprint density at radius 1 is 1.10 bits per heavy atom. The first-order valence-electron chi connectivity index (χ1n) is 13.7. The van der Waals surface area contributed by atoms with Gasteiger partial charge in [0, 0.05) is 42.2 Å². The third-order valence-corrected chi connectivity index (χ3v) is 8.54. The zero-order chi connectivity index (χ0) is 29.6. The third-order valence-electron chi connectivity index (χ3n) is 8.31. The Hall–Kier alpha value is -4.36. The number of nitrogens with one attached hydrogen (secondary N) is 1. The van der Waals surface area contributed by atoms with E-state index in [1.165, 1.54) is 28.1 Å². The van der Waals surface area contributed by atoms with Gasteiger partial charge in [0.15, 0.2) is 5.54 Å². The number of hydrogen-bond acceptors (Lipinski definition) is 5. The molecular formula is C31H26ClF2N5O3. The van der Waals surface area contributed by atoms with Gasteiger partial charge in [-0.05, 0) is 60.7 Å². The zero-order valence-electron chi connectivity index (χ0n) is 22.4. The first-order chi connectivity index (χ1) is 20.1. The highest BCUT2D eigenvalue weighted by Gasteiger charge is 2.56. The molecule has 6 rings (SSSR count). The molecule has 2 aromatic carbocycles. The maximum atomic E-state index is 14.8. The van der Waals surface area contributed by atoms with E-state index in [1.54, 1.807) is 36.4 Å². The topological polar surface area (TPSA) is 106 Å². The number of fused-ring (bicyclic) bond motifs is 1. The van der Waals surface area contributed by atoms with E-state index in [0.717, 1.165) is 5.56 Å². The predicted octanol–water partition coefficient (Wildman–Crippen LogP) is 4.89. The second kappa shape index (κ2) is 10.5. The summed E-state index contributed by atoms with van der Waals surface area (Å²) in [5.41, 5.74) is 0.450. The summed E-state index contributed by atoms with van der Waals surface area (Å²) in [5, 5.41) is 12.5. The zero-order valence-corrected chi connectivity index (χ0v) is 23.2. The second-order valence-electron chi connectivity index (χ2n) is 10.9. The lowest BCUT2D eigenvalue weighted by atomic mass is 9.83. The summed E-state index contributed by atoms with van der Waals surface area (Å²) < 4.78 is 27.5. The maximum Gasteiger partial charge on any atom is 0.252 e. The number of carbonyl (C=O) groups is 3. The molecule has 2 fully saturated rings. The number of hydrogen-bond donors (Lipinski definition) is 1. The fraction of sp³-hybridized carbons (Fsp3) is 0.323. The van der Waals surface area contributed by atoms with Crippen molar-refractivity contribution in [3.05, 3.63) is 88.6 Å². The summed E-state index contributed by atoms with van der Waals surface area (Å²) >= 11 is 6.39. The fourth-order valence-electron chi connectivity index (χ4n) is 6.35.